The molecule has 3 aliphatic rings. The van der Waals surface area contributed by atoms with Crippen molar-refractivity contribution in [3.05, 3.63) is 29.3 Å². The van der Waals surface area contributed by atoms with Gasteiger partial charge < -0.3 is 15.3 Å². The van der Waals surface area contributed by atoms with Gasteiger partial charge in [-0.1, -0.05) is 13.0 Å². The number of hydrogen-bond donors (Lipinski definition) is 3. The van der Waals surface area contributed by atoms with Crippen LogP contribution in [0.3, 0.4) is 0 Å². The van der Waals surface area contributed by atoms with Crippen LogP contribution in [-0.4, -0.2) is 27.0 Å². The second-order valence-electron chi connectivity index (χ2n) is 7.62. The summed E-state index contributed by atoms with van der Waals surface area (Å²) in [4.78, 5) is 0. The first-order valence-corrected chi connectivity index (χ1v) is 8.17. The number of phenols is 1. The van der Waals surface area contributed by atoms with Gasteiger partial charge in [0.1, 0.15) is 5.75 Å². The number of aliphatic hydroxyl groups excluding tert-OH is 1. The van der Waals surface area contributed by atoms with E-state index in [1.54, 1.807) is 6.07 Å². The van der Waals surface area contributed by atoms with Crippen LogP contribution in [0.4, 0.5) is 0 Å². The average Bonchev–Trinajstić information content (AvgIpc) is 2.75. The standard InChI is InChI=1S/C18H24O3/c1-17-8-7-14-13-3-2-12(19)10-11(13)6-9-18(14,21)15(17)4-5-16(17)20/h2-3,10,14-16,19-21H,4-9H2,1H3/t14-,15-,16+,17+,18-/m1/s1. The Kier molecular flexibility index (Phi) is 2.74. The molecular weight excluding hydrogens is 264 g/mol. The fourth-order valence-corrected chi connectivity index (χ4v) is 5.58. The molecule has 1 aromatic carbocycles. The van der Waals surface area contributed by atoms with Crippen molar-refractivity contribution >= 4 is 0 Å². The SMILES string of the molecule is C[C@]12CC[C@@H]3c4ccc(O)cc4CC[C@]3(O)[C@@H]1CC[C@@H]2O. The van der Waals surface area contributed by atoms with Gasteiger partial charge in [0.05, 0.1) is 11.7 Å². The molecule has 21 heavy (non-hydrogen) atoms. The van der Waals surface area contributed by atoms with E-state index < -0.39 is 5.60 Å². The first kappa shape index (κ1) is 13.6. The van der Waals surface area contributed by atoms with Crippen molar-refractivity contribution in [1.29, 1.82) is 0 Å². The second-order valence-corrected chi connectivity index (χ2v) is 7.62. The van der Waals surface area contributed by atoms with E-state index in [-0.39, 0.29) is 23.4 Å². The molecule has 5 atom stereocenters. The summed E-state index contributed by atoms with van der Waals surface area (Å²) in [7, 11) is 0. The predicted octanol–water partition coefficient (Wildman–Crippen LogP) is 2.72. The van der Waals surface area contributed by atoms with Crippen molar-refractivity contribution < 1.29 is 15.3 Å². The summed E-state index contributed by atoms with van der Waals surface area (Å²) in [6.07, 6.45) is 4.95. The van der Waals surface area contributed by atoms with Gasteiger partial charge in [-0.15, -0.1) is 0 Å². The van der Waals surface area contributed by atoms with Crippen LogP contribution in [0.5, 0.6) is 5.75 Å². The number of benzene rings is 1. The summed E-state index contributed by atoms with van der Waals surface area (Å²) in [6, 6.07) is 5.58. The number of aryl methyl sites for hydroxylation is 1. The zero-order valence-electron chi connectivity index (χ0n) is 12.5. The van der Waals surface area contributed by atoms with Gasteiger partial charge in [-0.3, -0.25) is 0 Å². The third-order valence-electron chi connectivity index (χ3n) is 6.76. The van der Waals surface area contributed by atoms with Gasteiger partial charge in [0, 0.05) is 5.92 Å². The van der Waals surface area contributed by atoms with E-state index in [2.05, 4.69) is 6.92 Å². The highest BCUT2D eigenvalue weighted by atomic mass is 16.3. The monoisotopic (exact) mass is 288 g/mol. The van der Waals surface area contributed by atoms with Crippen LogP contribution < -0.4 is 0 Å². The molecule has 0 radical (unpaired) electrons. The molecule has 1 aromatic rings. The van der Waals surface area contributed by atoms with Crippen LogP contribution in [0.25, 0.3) is 0 Å². The molecule has 4 rings (SSSR count). The Morgan fingerprint density at radius 1 is 1.14 bits per heavy atom. The molecule has 0 saturated heterocycles. The van der Waals surface area contributed by atoms with Crippen molar-refractivity contribution in [2.24, 2.45) is 11.3 Å². The van der Waals surface area contributed by atoms with Crippen LogP contribution >= 0.6 is 0 Å². The molecule has 0 aromatic heterocycles. The molecule has 0 aliphatic heterocycles. The molecule has 3 heteroatoms. The number of phenolic OH excluding ortho intramolecular Hbond substituents is 1. The average molecular weight is 288 g/mol. The summed E-state index contributed by atoms with van der Waals surface area (Å²) in [5, 5.41) is 31.5. The minimum absolute atomic E-state index is 0.125. The molecule has 0 heterocycles. The number of rotatable bonds is 0. The van der Waals surface area contributed by atoms with Crippen molar-refractivity contribution in [3.8, 4) is 5.75 Å². The maximum Gasteiger partial charge on any atom is 0.115 e. The van der Waals surface area contributed by atoms with Gasteiger partial charge in [0.15, 0.2) is 0 Å². The lowest BCUT2D eigenvalue weighted by molar-refractivity contribution is -0.139. The lowest BCUT2D eigenvalue weighted by Crippen LogP contribution is -2.56. The summed E-state index contributed by atoms with van der Waals surface area (Å²) in [6.45, 7) is 2.16. The highest BCUT2D eigenvalue weighted by molar-refractivity contribution is 5.42. The number of aliphatic hydroxyl groups is 2. The Hall–Kier alpha value is -1.06. The van der Waals surface area contributed by atoms with Crippen LogP contribution in [-0.2, 0) is 6.42 Å². The van der Waals surface area contributed by atoms with E-state index in [9.17, 15) is 15.3 Å². The normalized spacial score (nSPS) is 44.8. The maximum atomic E-state index is 11.5. The quantitative estimate of drug-likeness (QED) is 0.688. The minimum Gasteiger partial charge on any atom is -0.508 e. The summed E-state index contributed by atoms with van der Waals surface area (Å²) in [5.41, 5.74) is 1.59. The molecule has 0 spiro atoms. The van der Waals surface area contributed by atoms with Crippen molar-refractivity contribution in [1.82, 2.24) is 0 Å². The van der Waals surface area contributed by atoms with E-state index in [1.165, 1.54) is 11.1 Å². The Bertz CT molecular complexity index is 584. The van der Waals surface area contributed by atoms with E-state index >= 15 is 0 Å². The van der Waals surface area contributed by atoms with Gasteiger partial charge in [0.2, 0.25) is 0 Å². The van der Waals surface area contributed by atoms with Crippen LogP contribution in [0.1, 0.15) is 56.1 Å². The summed E-state index contributed by atoms with van der Waals surface area (Å²) in [5.74, 6) is 0.669. The van der Waals surface area contributed by atoms with Gasteiger partial charge >= 0.3 is 0 Å². The molecule has 114 valence electrons. The second kappa shape index (κ2) is 4.23. The number of hydrogen-bond acceptors (Lipinski definition) is 3. The molecule has 3 aliphatic carbocycles. The molecule has 0 amide bonds. The van der Waals surface area contributed by atoms with Gasteiger partial charge in [-0.25, -0.2) is 0 Å². The molecule has 0 bridgehead atoms. The first-order chi connectivity index (χ1) is 9.95. The molecule has 0 unspecified atom stereocenters. The minimum atomic E-state index is -0.686. The van der Waals surface area contributed by atoms with E-state index in [4.69, 9.17) is 0 Å². The highest BCUT2D eigenvalue weighted by Gasteiger charge is 2.61. The van der Waals surface area contributed by atoms with Crippen LogP contribution in [0.2, 0.25) is 0 Å². The Morgan fingerprint density at radius 2 is 1.95 bits per heavy atom. The predicted molar refractivity (Wildman–Crippen MR) is 80.2 cm³/mol. The molecule has 2 fully saturated rings. The zero-order valence-corrected chi connectivity index (χ0v) is 12.5. The number of fused-ring (bicyclic) bond motifs is 5. The fraction of sp³-hybridized carbons (Fsp3) is 0.667. The third-order valence-corrected chi connectivity index (χ3v) is 6.76. The Labute approximate surface area is 125 Å². The number of aromatic hydroxyl groups is 1. The smallest absolute Gasteiger partial charge is 0.115 e. The topological polar surface area (TPSA) is 60.7 Å². The summed E-state index contributed by atoms with van der Waals surface area (Å²) >= 11 is 0. The Morgan fingerprint density at radius 3 is 2.76 bits per heavy atom. The van der Waals surface area contributed by atoms with Gasteiger partial charge in [0.25, 0.3) is 0 Å². The van der Waals surface area contributed by atoms with Gasteiger partial charge in [-0.05, 0) is 73.1 Å². The molecule has 3 N–H and O–H groups in total. The fourth-order valence-electron chi connectivity index (χ4n) is 5.58. The zero-order chi connectivity index (χ0) is 14.8. The lowest BCUT2D eigenvalue weighted by Gasteiger charge is -2.55. The molecular formula is C18H24O3. The van der Waals surface area contributed by atoms with Crippen molar-refractivity contribution in [3.63, 3.8) is 0 Å². The highest BCUT2D eigenvalue weighted by Crippen LogP contribution is 2.62. The third kappa shape index (κ3) is 1.68. The van der Waals surface area contributed by atoms with E-state index in [0.717, 1.165) is 38.5 Å². The first-order valence-electron chi connectivity index (χ1n) is 8.17. The molecule has 2 saturated carbocycles. The van der Waals surface area contributed by atoms with E-state index in [1.807, 2.05) is 12.1 Å². The largest absolute Gasteiger partial charge is 0.508 e. The summed E-state index contributed by atoms with van der Waals surface area (Å²) < 4.78 is 0. The maximum absolute atomic E-state index is 11.5. The van der Waals surface area contributed by atoms with Crippen molar-refractivity contribution in [2.45, 2.75) is 63.1 Å². The lowest BCUT2D eigenvalue weighted by atomic mass is 9.53. The van der Waals surface area contributed by atoms with Gasteiger partial charge in [-0.2, -0.15) is 0 Å². The van der Waals surface area contributed by atoms with E-state index in [0.29, 0.717) is 5.75 Å². The van der Waals surface area contributed by atoms with Crippen LogP contribution in [0.15, 0.2) is 18.2 Å². The van der Waals surface area contributed by atoms with Crippen molar-refractivity contribution in [2.75, 3.05) is 0 Å². The molecule has 3 nitrogen and oxygen atoms in total. The Balaban J connectivity index is 1.78. The van der Waals surface area contributed by atoms with Crippen LogP contribution in [0, 0.1) is 11.3 Å².